The first-order valence-electron chi connectivity index (χ1n) is 14.6. The molecule has 226 valence electrons. The smallest absolute Gasteiger partial charge is 0.329 e. The molecule has 0 aliphatic heterocycles. The van der Waals surface area contributed by atoms with Gasteiger partial charge in [0.15, 0.2) is 5.78 Å². The molecule has 0 saturated carbocycles. The van der Waals surface area contributed by atoms with Crippen molar-refractivity contribution in [3.05, 3.63) is 118 Å². The highest BCUT2D eigenvalue weighted by atomic mass is 35.5. The van der Waals surface area contributed by atoms with E-state index in [2.05, 4.69) is 22.2 Å². The molecule has 0 aliphatic rings. The fourth-order valence-corrected chi connectivity index (χ4v) is 6.12. The van der Waals surface area contributed by atoms with Crippen molar-refractivity contribution in [2.75, 3.05) is 19.0 Å². The Bertz CT molecular complexity index is 1830. The number of aromatic nitrogens is 1. The van der Waals surface area contributed by atoms with Gasteiger partial charge in [-0.3, -0.25) is 9.59 Å². The van der Waals surface area contributed by atoms with Crippen LogP contribution in [0.3, 0.4) is 0 Å². The lowest BCUT2D eigenvalue weighted by Crippen LogP contribution is -2.16. The SMILES string of the molecule is CCOCCn1c2ccc(C(=O)c3ccccc3C)cc2c2cc(C(=CCCSc3ccc(Cl)cc3)NOC(C)=O)ccc21. The third kappa shape index (κ3) is 7.36. The van der Waals surface area contributed by atoms with E-state index in [4.69, 9.17) is 21.2 Å². The van der Waals surface area contributed by atoms with Crippen LogP contribution in [0.1, 0.15) is 47.3 Å². The quantitative estimate of drug-likeness (QED) is 0.0611. The molecule has 0 atom stereocenters. The molecule has 5 aromatic rings. The summed E-state index contributed by atoms with van der Waals surface area (Å²) in [5, 5.41) is 2.69. The molecule has 0 radical (unpaired) electrons. The van der Waals surface area contributed by atoms with Gasteiger partial charge in [0.1, 0.15) is 0 Å². The molecular formula is C36H35ClN2O4S. The van der Waals surface area contributed by atoms with E-state index in [1.807, 2.05) is 92.7 Å². The lowest BCUT2D eigenvalue weighted by molar-refractivity contribution is -0.145. The topological polar surface area (TPSA) is 69.6 Å². The van der Waals surface area contributed by atoms with Crippen molar-refractivity contribution < 1.29 is 19.2 Å². The Morgan fingerprint density at radius 1 is 0.932 bits per heavy atom. The first kappa shape index (κ1) is 31.4. The summed E-state index contributed by atoms with van der Waals surface area (Å²) in [6, 6.07) is 27.5. The number of aryl methyl sites for hydroxylation is 1. The summed E-state index contributed by atoms with van der Waals surface area (Å²) >= 11 is 7.74. The predicted octanol–water partition coefficient (Wildman–Crippen LogP) is 8.61. The van der Waals surface area contributed by atoms with Gasteiger partial charge in [0.2, 0.25) is 0 Å². The number of rotatable bonds is 13. The molecule has 0 aliphatic carbocycles. The zero-order chi connectivity index (χ0) is 31.1. The minimum Gasteiger partial charge on any atom is -0.380 e. The van der Waals surface area contributed by atoms with Gasteiger partial charge >= 0.3 is 5.97 Å². The Morgan fingerprint density at radius 3 is 2.30 bits per heavy atom. The maximum atomic E-state index is 13.6. The van der Waals surface area contributed by atoms with Crippen molar-refractivity contribution in [2.24, 2.45) is 0 Å². The molecule has 4 aromatic carbocycles. The average Bonchev–Trinajstić information content (AvgIpc) is 3.33. The van der Waals surface area contributed by atoms with Crippen LogP contribution in [0.5, 0.6) is 0 Å². The van der Waals surface area contributed by atoms with Crippen molar-refractivity contribution in [3.63, 3.8) is 0 Å². The van der Waals surface area contributed by atoms with Gasteiger partial charge in [0.25, 0.3) is 0 Å². The molecule has 0 fully saturated rings. The van der Waals surface area contributed by atoms with Crippen molar-refractivity contribution >= 4 is 62.6 Å². The molecular weight excluding hydrogens is 592 g/mol. The molecule has 6 nitrogen and oxygen atoms in total. The molecule has 1 N–H and O–H groups in total. The van der Waals surface area contributed by atoms with Crippen LogP contribution in [0.4, 0.5) is 0 Å². The molecule has 0 spiro atoms. The van der Waals surface area contributed by atoms with E-state index >= 15 is 0 Å². The van der Waals surface area contributed by atoms with Crippen LogP contribution in [0.15, 0.2) is 95.9 Å². The van der Waals surface area contributed by atoms with Crippen LogP contribution in [0.25, 0.3) is 27.5 Å². The van der Waals surface area contributed by atoms with E-state index in [1.165, 1.54) is 6.92 Å². The fraction of sp³-hybridized carbons (Fsp3) is 0.222. The summed E-state index contributed by atoms with van der Waals surface area (Å²) in [6.07, 6.45) is 2.77. The second-order valence-corrected chi connectivity index (χ2v) is 12.0. The molecule has 0 saturated heterocycles. The number of halogens is 1. The van der Waals surface area contributed by atoms with Gasteiger partial charge in [-0.15, -0.1) is 11.8 Å². The van der Waals surface area contributed by atoms with E-state index in [0.29, 0.717) is 41.6 Å². The van der Waals surface area contributed by atoms with Crippen LogP contribution in [-0.4, -0.2) is 35.3 Å². The maximum Gasteiger partial charge on any atom is 0.329 e. The number of fused-ring (bicyclic) bond motifs is 3. The largest absolute Gasteiger partial charge is 0.380 e. The molecule has 44 heavy (non-hydrogen) atoms. The summed E-state index contributed by atoms with van der Waals surface area (Å²) in [5.74, 6) is 0.391. The second-order valence-electron chi connectivity index (χ2n) is 10.4. The number of allylic oxidation sites excluding steroid dienone is 1. The van der Waals surface area contributed by atoms with E-state index in [1.54, 1.807) is 11.8 Å². The molecule has 0 amide bonds. The number of carbonyl (C=O) groups excluding carboxylic acids is 2. The summed E-state index contributed by atoms with van der Waals surface area (Å²) in [4.78, 5) is 31.6. The van der Waals surface area contributed by atoms with Gasteiger partial charge in [-0.25, -0.2) is 5.48 Å². The normalized spacial score (nSPS) is 11.7. The zero-order valence-electron chi connectivity index (χ0n) is 25.1. The zero-order valence-corrected chi connectivity index (χ0v) is 26.6. The van der Waals surface area contributed by atoms with E-state index in [9.17, 15) is 9.59 Å². The highest BCUT2D eigenvalue weighted by Gasteiger charge is 2.17. The predicted molar refractivity (Wildman–Crippen MR) is 180 cm³/mol. The minimum atomic E-state index is -0.431. The molecule has 0 bridgehead atoms. The van der Waals surface area contributed by atoms with Gasteiger partial charge in [-0.1, -0.05) is 48.0 Å². The van der Waals surface area contributed by atoms with Gasteiger partial charge < -0.3 is 14.1 Å². The van der Waals surface area contributed by atoms with Gasteiger partial charge in [-0.2, -0.15) is 0 Å². The third-order valence-electron chi connectivity index (χ3n) is 7.34. The number of nitrogens with zero attached hydrogens (tertiary/aromatic N) is 1. The lowest BCUT2D eigenvalue weighted by atomic mass is 9.97. The summed E-state index contributed by atoms with van der Waals surface area (Å²) in [5.41, 5.74) is 8.76. The lowest BCUT2D eigenvalue weighted by Gasteiger charge is -2.12. The molecule has 1 heterocycles. The van der Waals surface area contributed by atoms with Crippen molar-refractivity contribution in [1.82, 2.24) is 10.0 Å². The summed E-state index contributed by atoms with van der Waals surface area (Å²) < 4.78 is 7.93. The first-order valence-corrected chi connectivity index (χ1v) is 16.0. The second kappa shape index (κ2) is 14.6. The van der Waals surface area contributed by atoms with Crippen molar-refractivity contribution in [2.45, 2.75) is 38.6 Å². The van der Waals surface area contributed by atoms with Crippen LogP contribution in [0, 0.1) is 6.92 Å². The monoisotopic (exact) mass is 626 g/mol. The van der Waals surface area contributed by atoms with Gasteiger partial charge in [0, 0.05) is 74.2 Å². The van der Waals surface area contributed by atoms with Crippen LogP contribution in [0.2, 0.25) is 5.02 Å². The summed E-state index contributed by atoms with van der Waals surface area (Å²) in [6.45, 7) is 7.20. The van der Waals surface area contributed by atoms with Crippen LogP contribution in [-0.2, 0) is 20.9 Å². The van der Waals surface area contributed by atoms with Crippen molar-refractivity contribution in [3.8, 4) is 0 Å². The average molecular weight is 627 g/mol. The number of nitrogens with one attached hydrogen (secondary N) is 1. The van der Waals surface area contributed by atoms with Crippen LogP contribution >= 0.6 is 23.4 Å². The van der Waals surface area contributed by atoms with Crippen LogP contribution < -0.4 is 5.48 Å². The highest BCUT2D eigenvalue weighted by molar-refractivity contribution is 7.99. The van der Waals surface area contributed by atoms with E-state index in [0.717, 1.165) is 50.0 Å². The fourth-order valence-electron chi connectivity index (χ4n) is 5.19. The number of hydrogen-bond acceptors (Lipinski definition) is 6. The highest BCUT2D eigenvalue weighted by Crippen LogP contribution is 2.33. The third-order valence-corrected chi connectivity index (χ3v) is 8.64. The Morgan fingerprint density at radius 2 is 1.61 bits per heavy atom. The minimum absolute atomic E-state index is 0.00771. The molecule has 8 heteroatoms. The van der Waals surface area contributed by atoms with E-state index in [-0.39, 0.29) is 5.78 Å². The number of hydrogen-bond donors (Lipinski definition) is 1. The van der Waals surface area contributed by atoms with Crippen molar-refractivity contribution in [1.29, 1.82) is 0 Å². The van der Waals surface area contributed by atoms with Gasteiger partial charge in [0.05, 0.1) is 12.3 Å². The number of carbonyl (C=O) groups is 2. The molecule has 5 rings (SSSR count). The molecule has 0 unspecified atom stereocenters. The standard InChI is InChI=1S/C36H35ClN2O4S/c1-4-42-20-19-39-34-17-11-26(33(38-43-25(3)40)10-7-21-44-29-15-13-28(37)14-16-29)22-31(34)32-23-27(12-18-35(32)39)36(41)30-9-6-5-8-24(30)2/h5-6,8-18,22-23,38H,4,7,19-21H2,1-3H3. The maximum absolute atomic E-state index is 13.6. The molecule has 1 aromatic heterocycles. The number of benzene rings is 4. The first-order chi connectivity index (χ1) is 21.4. The Balaban J connectivity index is 1.53. The summed E-state index contributed by atoms with van der Waals surface area (Å²) in [7, 11) is 0. The Labute approximate surface area is 266 Å². The Hall–Kier alpha value is -4.04. The van der Waals surface area contributed by atoms with Gasteiger partial charge in [-0.05, 0) is 80.4 Å². The van der Waals surface area contributed by atoms with E-state index < -0.39 is 5.97 Å². The Kier molecular flexibility index (Phi) is 10.4. The number of thioether (sulfide) groups is 1. The number of ketones is 1. The number of hydroxylamine groups is 1. The number of ether oxygens (including phenoxy) is 1.